The first-order valence-corrected chi connectivity index (χ1v) is 9.21. The molecule has 0 aromatic heterocycles. The van der Waals surface area contributed by atoms with Gasteiger partial charge in [-0.3, -0.25) is 14.5 Å². The summed E-state index contributed by atoms with van der Waals surface area (Å²) in [5, 5.41) is 5.58. The summed E-state index contributed by atoms with van der Waals surface area (Å²) in [5.41, 5.74) is -0.0219. The van der Waals surface area contributed by atoms with Crippen molar-refractivity contribution in [1.29, 1.82) is 0 Å². The van der Waals surface area contributed by atoms with Crippen molar-refractivity contribution >= 4 is 17.8 Å². The Morgan fingerprint density at radius 1 is 1.30 bits per heavy atom. The van der Waals surface area contributed by atoms with Crippen LogP contribution in [0.3, 0.4) is 0 Å². The molecule has 2 aliphatic heterocycles. The first kappa shape index (κ1) is 17.6. The number of hydrogen-bond acceptors (Lipinski definition) is 5. The van der Waals surface area contributed by atoms with E-state index in [0.29, 0.717) is 24.7 Å². The zero-order chi connectivity index (χ0) is 19.2. The monoisotopic (exact) mass is 373 g/mol. The predicted molar refractivity (Wildman–Crippen MR) is 95.4 cm³/mol. The molecule has 1 saturated heterocycles. The average Bonchev–Trinajstić information content (AvgIpc) is 3.47. The van der Waals surface area contributed by atoms with Crippen LogP contribution in [0.5, 0.6) is 11.5 Å². The number of fused-ring (bicyclic) bond motifs is 1. The number of nitrogens with one attached hydrogen (secondary N) is 2. The number of amides is 4. The third-order valence-corrected chi connectivity index (χ3v) is 5.44. The molecule has 8 heteroatoms. The Kier molecular flexibility index (Phi) is 4.20. The van der Waals surface area contributed by atoms with Crippen molar-refractivity contribution in [2.24, 2.45) is 5.92 Å². The number of carbonyl (C=O) groups is 3. The van der Waals surface area contributed by atoms with E-state index in [1.165, 1.54) is 0 Å². The lowest BCUT2D eigenvalue weighted by molar-refractivity contribution is -0.135. The topological polar surface area (TPSA) is 97.0 Å². The van der Waals surface area contributed by atoms with Gasteiger partial charge >= 0.3 is 6.03 Å². The minimum absolute atomic E-state index is 0.165. The minimum Gasteiger partial charge on any atom is -0.486 e. The molecule has 0 radical (unpaired) electrons. The van der Waals surface area contributed by atoms with Gasteiger partial charge in [-0.25, -0.2) is 4.79 Å². The summed E-state index contributed by atoms with van der Waals surface area (Å²) in [6, 6.07) is 4.69. The first-order chi connectivity index (χ1) is 12.9. The van der Waals surface area contributed by atoms with Gasteiger partial charge in [-0.15, -0.1) is 0 Å². The van der Waals surface area contributed by atoms with E-state index in [1.807, 2.05) is 25.1 Å². The molecule has 1 aromatic rings. The Morgan fingerprint density at radius 3 is 2.70 bits per heavy atom. The van der Waals surface area contributed by atoms with Crippen molar-refractivity contribution in [1.82, 2.24) is 15.5 Å². The molecule has 4 rings (SSSR count). The molecule has 2 heterocycles. The van der Waals surface area contributed by atoms with Gasteiger partial charge in [0, 0.05) is 0 Å². The lowest BCUT2D eigenvalue weighted by atomic mass is 9.96. The predicted octanol–water partition coefficient (Wildman–Crippen LogP) is 1.36. The molecule has 2 N–H and O–H groups in total. The van der Waals surface area contributed by atoms with Crippen molar-refractivity contribution in [3.8, 4) is 11.5 Å². The number of urea groups is 1. The van der Waals surface area contributed by atoms with Gasteiger partial charge in [0.2, 0.25) is 5.91 Å². The van der Waals surface area contributed by atoms with E-state index in [1.54, 1.807) is 6.92 Å². The Balaban J connectivity index is 1.39. The van der Waals surface area contributed by atoms with Gasteiger partial charge in [-0.1, -0.05) is 6.07 Å². The number of hydrogen-bond donors (Lipinski definition) is 2. The largest absolute Gasteiger partial charge is 0.486 e. The first-order valence-electron chi connectivity index (χ1n) is 9.21. The Morgan fingerprint density at radius 2 is 2.00 bits per heavy atom. The Bertz CT molecular complexity index is 807. The second-order valence-corrected chi connectivity index (χ2v) is 7.49. The summed E-state index contributed by atoms with van der Waals surface area (Å²) >= 11 is 0. The molecule has 1 aromatic carbocycles. The fraction of sp³-hybridized carbons (Fsp3) is 0.526. The van der Waals surface area contributed by atoms with Crippen LogP contribution in [0.4, 0.5) is 4.79 Å². The SMILES string of the molecule is CC(NC(=O)CN1C(=O)NC(C)(C2CC2)C1=O)c1ccc2c(c1)OCCO2. The number of carbonyl (C=O) groups excluding carboxylic acids is 3. The molecule has 4 amide bonds. The normalized spacial score (nSPS) is 25.2. The van der Waals surface area contributed by atoms with Crippen molar-refractivity contribution in [2.45, 2.75) is 38.3 Å². The van der Waals surface area contributed by atoms with E-state index >= 15 is 0 Å². The molecule has 144 valence electrons. The van der Waals surface area contributed by atoms with E-state index in [2.05, 4.69) is 10.6 Å². The highest BCUT2D eigenvalue weighted by Crippen LogP contribution is 2.42. The summed E-state index contributed by atoms with van der Waals surface area (Å²) in [6.07, 6.45) is 1.84. The van der Waals surface area contributed by atoms with Crippen LogP contribution in [0.15, 0.2) is 18.2 Å². The van der Waals surface area contributed by atoms with Crippen LogP contribution in [0, 0.1) is 5.92 Å². The number of imide groups is 1. The summed E-state index contributed by atoms with van der Waals surface area (Å²) in [6.45, 7) is 4.29. The van der Waals surface area contributed by atoms with E-state index in [4.69, 9.17) is 9.47 Å². The third kappa shape index (κ3) is 3.20. The van der Waals surface area contributed by atoms with Crippen LogP contribution in [-0.4, -0.2) is 48.0 Å². The second kappa shape index (κ2) is 6.44. The highest BCUT2D eigenvalue weighted by molar-refractivity contribution is 6.09. The molecule has 3 aliphatic rings. The number of ether oxygens (including phenoxy) is 2. The van der Waals surface area contributed by atoms with Crippen LogP contribution in [-0.2, 0) is 9.59 Å². The molecule has 0 bridgehead atoms. The van der Waals surface area contributed by atoms with Gasteiger partial charge in [0.05, 0.1) is 6.04 Å². The molecular formula is C19H23N3O5. The maximum Gasteiger partial charge on any atom is 0.325 e. The highest BCUT2D eigenvalue weighted by Gasteiger charge is 2.56. The molecular weight excluding hydrogens is 350 g/mol. The number of rotatable bonds is 5. The summed E-state index contributed by atoms with van der Waals surface area (Å²) < 4.78 is 11.1. The molecule has 2 fully saturated rings. The highest BCUT2D eigenvalue weighted by atomic mass is 16.6. The van der Waals surface area contributed by atoms with Gasteiger partial charge in [0.1, 0.15) is 25.3 Å². The fourth-order valence-electron chi connectivity index (χ4n) is 3.64. The molecule has 8 nitrogen and oxygen atoms in total. The zero-order valence-corrected chi connectivity index (χ0v) is 15.4. The lowest BCUT2D eigenvalue weighted by Crippen LogP contribution is -2.47. The second-order valence-electron chi connectivity index (χ2n) is 7.49. The van der Waals surface area contributed by atoms with Crippen LogP contribution in [0.1, 0.15) is 38.3 Å². The van der Waals surface area contributed by atoms with Crippen molar-refractivity contribution in [3.63, 3.8) is 0 Å². The lowest BCUT2D eigenvalue weighted by Gasteiger charge is -2.22. The van der Waals surface area contributed by atoms with E-state index in [-0.39, 0.29) is 30.3 Å². The minimum atomic E-state index is -0.876. The molecule has 0 spiro atoms. The van der Waals surface area contributed by atoms with Crippen molar-refractivity contribution in [3.05, 3.63) is 23.8 Å². The van der Waals surface area contributed by atoms with Gasteiger partial charge in [-0.2, -0.15) is 0 Å². The molecule has 1 aliphatic carbocycles. The Hall–Kier alpha value is -2.77. The Labute approximate surface area is 157 Å². The van der Waals surface area contributed by atoms with Crippen LogP contribution in [0.25, 0.3) is 0 Å². The maximum absolute atomic E-state index is 12.6. The molecule has 2 unspecified atom stereocenters. The summed E-state index contributed by atoms with van der Waals surface area (Å²) in [7, 11) is 0. The molecule has 1 saturated carbocycles. The van der Waals surface area contributed by atoms with Gasteiger partial charge < -0.3 is 20.1 Å². The van der Waals surface area contributed by atoms with Crippen molar-refractivity contribution < 1.29 is 23.9 Å². The number of benzene rings is 1. The molecule has 2 atom stereocenters. The van der Waals surface area contributed by atoms with E-state index < -0.39 is 11.6 Å². The fourth-order valence-corrected chi connectivity index (χ4v) is 3.64. The summed E-state index contributed by atoms with van der Waals surface area (Å²) in [5.74, 6) is 0.785. The van der Waals surface area contributed by atoms with E-state index in [9.17, 15) is 14.4 Å². The van der Waals surface area contributed by atoms with E-state index in [0.717, 1.165) is 23.3 Å². The van der Waals surface area contributed by atoms with Gasteiger partial charge in [-0.05, 0) is 50.3 Å². The van der Waals surface area contributed by atoms with Crippen molar-refractivity contribution in [2.75, 3.05) is 19.8 Å². The quantitative estimate of drug-likeness (QED) is 0.760. The third-order valence-electron chi connectivity index (χ3n) is 5.44. The molecule has 27 heavy (non-hydrogen) atoms. The maximum atomic E-state index is 12.6. The van der Waals surface area contributed by atoms with Gasteiger partial charge in [0.25, 0.3) is 5.91 Å². The standard InChI is InChI=1S/C19H23N3O5/c1-11(12-3-6-14-15(9-12)27-8-7-26-14)20-16(23)10-22-17(24)19(2,13-4-5-13)21-18(22)25/h3,6,9,11,13H,4-5,7-8,10H2,1-2H3,(H,20,23)(H,21,25). The summed E-state index contributed by atoms with van der Waals surface area (Å²) in [4.78, 5) is 38.2. The van der Waals surface area contributed by atoms with Crippen LogP contribution < -0.4 is 20.1 Å². The smallest absolute Gasteiger partial charge is 0.325 e. The average molecular weight is 373 g/mol. The van der Waals surface area contributed by atoms with Crippen LogP contribution >= 0.6 is 0 Å². The van der Waals surface area contributed by atoms with Crippen LogP contribution in [0.2, 0.25) is 0 Å². The zero-order valence-electron chi connectivity index (χ0n) is 15.4. The van der Waals surface area contributed by atoms with Gasteiger partial charge in [0.15, 0.2) is 11.5 Å². The number of nitrogens with zero attached hydrogens (tertiary/aromatic N) is 1.